The number of fused-ring (bicyclic) bond motifs is 1. The molecule has 20 heavy (non-hydrogen) atoms. The van der Waals surface area contributed by atoms with Crippen molar-refractivity contribution in [2.24, 2.45) is 0 Å². The van der Waals surface area contributed by atoms with Gasteiger partial charge in [0.15, 0.2) is 0 Å². The van der Waals surface area contributed by atoms with Gasteiger partial charge in [0.1, 0.15) is 11.9 Å². The molecule has 3 aromatic rings. The topological polar surface area (TPSA) is 89.8 Å². The minimum absolute atomic E-state index is 0.508. The number of aliphatic hydroxyl groups excluding tert-OH is 1. The van der Waals surface area contributed by atoms with Crippen molar-refractivity contribution in [3.05, 3.63) is 48.0 Å². The standard InChI is InChI=1S/C14H15N5O/c1-9(20)14-17-12-7-10(15)4-5-13(12)19(14)8-11-3-2-6-16-18-11/h2-7,9,20H,8,15H2,1H3. The molecule has 0 spiro atoms. The Morgan fingerprint density at radius 3 is 2.90 bits per heavy atom. The maximum Gasteiger partial charge on any atom is 0.138 e. The average Bonchev–Trinajstić information content (AvgIpc) is 2.78. The lowest BCUT2D eigenvalue weighted by Crippen LogP contribution is -2.09. The summed E-state index contributed by atoms with van der Waals surface area (Å²) in [5.74, 6) is 0.594. The monoisotopic (exact) mass is 269 g/mol. The predicted molar refractivity (Wildman–Crippen MR) is 75.9 cm³/mol. The molecule has 0 saturated carbocycles. The van der Waals surface area contributed by atoms with Crippen LogP contribution in [0.3, 0.4) is 0 Å². The second-order valence-corrected chi connectivity index (χ2v) is 4.70. The van der Waals surface area contributed by atoms with Crippen molar-refractivity contribution in [3.63, 3.8) is 0 Å². The summed E-state index contributed by atoms with van der Waals surface area (Å²) in [6.45, 7) is 2.20. The zero-order chi connectivity index (χ0) is 14.1. The van der Waals surface area contributed by atoms with E-state index in [1.54, 1.807) is 19.2 Å². The number of benzene rings is 1. The van der Waals surface area contributed by atoms with Gasteiger partial charge in [-0.3, -0.25) is 0 Å². The Hall–Kier alpha value is -2.47. The summed E-state index contributed by atoms with van der Waals surface area (Å²) in [6.07, 6.45) is 0.964. The number of nitrogens with two attached hydrogens (primary N) is 1. The zero-order valence-corrected chi connectivity index (χ0v) is 11.1. The fourth-order valence-corrected chi connectivity index (χ4v) is 2.23. The van der Waals surface area contributed by atoms with Gasteiger partial charge in [-0.1, -0.05) is 0 Å². The summed E-state index contributed by atoms with van der Waals surface area (Å²) < 4.78 is 1.93. The third-order valence-corrected chi connectivity index (χ3v) is 3.12. The first kappa shape index (κ1) is 12.6. The fourth-order valence-electron chi connectivity index (χ4n) is 2.23. The highest BCUT2D eigenvalue weighted by Gasteiger charge is 2.15. The van der Waals surface area contributed by atoms with Gasteiger partial charge in [-0.15, -0.1) is 0 Å². The van der Waals surface area contributed by atoms with Crippen LogP contribution in [0.2, 0.25) is 0 Å². The van der Waals surface area contributed by atoms with E-state index in [2.05, 4.69) is 15.2 Å². The molecule has 0 aliphatic heterocycles. The minimum atomic E-state index is -0.666. The Labute approximate surface area is 115 Å². The van der Waals surface area contributed by atoms with E-state index in [0.29, 0.717) is 18.1 Å². The van der Waals surface area contributed by atoms with Crippen LogP contribution in [-0.4, -0.2) is 24.9 Å². The molecule has 0 aliphatic rings. The largest absolute Gasteiger partial charge is 0.399 e. The second-order valence-electron chi connectivity index (χ2n) is 4.70. The molecule has 6 nitrogen and oxygen atoms in total. The molecule has 0 fully saturated rings. The summed E-state index contributed by atoms with van der Waals surface area (Å²) in [4.78, 5) is 4.45. The lowest BCUT2D eigenvalue weighted by atomic mass is 10.2. The summed E-state index contributed by atoms with van der Waals surface area (Å²) in [6, 6.07) is 9.25. The number of nitrogen functional groups attached to an aromatic ring is 1. The molecule has 0 amide bonds. The summed E-state index contributed by atoms with van der Waals surface area (Å²) in [5, 5.41) is 17.8. The Morgan fingerprint density at radius 1 is 1.35 bits per heavy atom. The number of aliphatic hydroxyl groups is 1. The van der Waals surface area contributed by atoms with Crippen molar-refractivity contribution in [1.82, 2.24) is 19.7 Å². The number of anilines is 1. The number of imidazole rings is 1. The first-order valence-corrected chi connectivity index (χ1v) is 6.35. The van der Waals surface area contributed by atoms with E-state index >= 15 is 0 Å². The SMILES string of the molecule is CC(O)c1nc2cc(N)ccc2n1Cc1cccnn1. The van der Waals surface area contributed by atoms with Crippen molar-refractivity contribution in [2.45, 2.75) is 19.6 Å². The maximum atomic E-state index is 9.90. The normalized spacial score (nSPS) is 12.7. The predicted octanol–water partition coefficient (Wildman–Crippen LogP) is 1.51. The van der Waals surface area contributed by atoms with Crippen LogP contribution >= 0.6 is 0 Å². The molecule has 0 radical (unpaired) electrons. The molecule has 1 unspecified atom stereocenters. The van der Waals surface area contributed by atoms with Gasteiger partial charge < -0.3 is 15.4 Å². The van der Waals surface area contributed by atoms with Gasteiger partial charge in [0.05, 0.1) is 23.3 Å². The molecule has 1 atom stereocenters. The molecule has 3 N–H and O–H groups in total. The van der Waals surface area contributed by atoms with Crippen LogP contribution in [0.15, 0.2) is 36.5 Å². The highest BCUT2D eigenvalue weighted by atomic mass is 16.3. The Morgan fingerprint density at radius 2 is 2.20 bits per heavy atom. The Bertz CT molecular complexity index is 736. The van der Waals surface area contributed by atoms with Gasteiger partial charge in [-0.2, -0.15) is 10.2 Å². The van der Waals surface area contributed by atoms with Crippen LogP contribution in [0, 0.1) is 0 Å². The highest BCUT2D eigenvalue weighted by molar-refractivity contribution is 5.79. The molecular formula is C14H15N5O. The summed E-state index contributed by atoms with van der Waals surface area (Å²) >= 11 is 0. The molecule has 0 aliphatic carbocycles. The quantitative estimate of drug-likeness (QED) is 0.703. The molecule has 0 bridgehead atoms. The first-order chi connectivity index (χ1) is 9.65. The third-order valence-electron chi connectivity index (χ3n) is 3.12. The number of aromatic nitrogens is 4. The van der Waals surface area contributed by atoms with Crippen LogP contribution in [0.4, 0.5) is 5.69 Å². The molecule has 2 heterocycles. The van der Waals surface area contributed by atoms with E-state index in [4.69, 9.17) is 5.73 Å². The Kier molecular flexibility index (Phi) is 3.08. The number of hydrogen-bond donors (Lipinski definition) is 2. The summed E-state index contributed by atoms with van der Waals surface area (Å²) in [5.41, 5.74) is 8.93. The van der Waals surface area contributed by atoms with Gasteiger partial charge in [-0.25, -0.2) is 4.98 Å². The lowest BCUT2D eigenvalue weighted by molar-refractivity contribution is 0.185. The van der Waals surface area contributed by atoms with E-state index in [0.717, 1.165) is 16.7 Å². The fraction of sp³-hybridized carbons (Fsp3) is 0.214. The lowest BCUT2D eigenvalue weighted by Gasteiger charge is -2.10. The molecule has 3 rings (SSSR count). The van der Waals surface area contributed by atoms with Gasteiger partial charge in [-0.05, 0) is 37.3 Å². The van der Waals surface area contributed by atoms with Gasteiger partial charge in [0.25, 0.3) is 0 Å². The molecule has 0 saturated heterocycles. The average molecular weight is 269 g/mol. The van der Waals surface area contributed by atoms with Crippen molar-refractivity contribution < 1.29 is 5.11 Å². The van der Waals surface area contributed by atoms with Crippen molar-refractivity contribution in [3.8, 4) is 0 Å². The van der Waals surface area contributed by atoms with Crippen molar-refractivity contribution in [2.75, 3.05) is 5.73 Å². The van der Waals surface area contributed by atoms with Crippen LogP contribution in [0.1, 0.15) is 24.5 Å². The van der Waals surface area contributed by atoms with Gasteiger partial charge >= 0.3 is 0 Å². The maximum absolute atomic E-state index is 9.90. The summed E-state index contributed by atoms with van der Waals surface area (Å²) in [7, 11) is 0. The molecular weight excluding hydrogens is 254 g/mol. The van der Waals surface area contributed by atoms with Crippen molar-refractivity contribution >= 4 is 16.7 Å². The van der Waals surface area contributed by atoms with Gasteiger partial charge in [0, 0.05) is 11.9 Å². The minimum Gasteiger partial charge on any atom is -0.399 e. The Balaban J connectivity index is 2.14. The zero-order valence-electron chi connectivity index (χ0n) is 11.1. The number of hydrogen-bond acceptors (Lipinski definition) is 5. The van der Waals surface area contributed by atoms with Crippen LogP contribution < -0.4 is 5.73 Å². The second kappa shape index (κ2) is 4.90. The molecule has 102 valence electrons. The number of rotatable bonds is 3. The van der Waals surface area contributed by atoms with E-state index in [1.807, 2.05) is 28.8 Å². The first-order valence-electron chi connectivity index (χ1n) is 6.35. The smallest absolute Gasteiger partial charge is 0.138 e. The highest BCUT2D eigenvalue weighted by Crippen LogP contribution is 2.23. The molecule has 2 aromatic heterocycles. The van der Waals surface area contributed by atoms with E-state index in [-0.39, 0.29) is 0 Å². The van der Waals surface area contributed by atoms with Crippen LogP contribution in [0.25, 0.3) is 11.0 Å². The van der Waals surface area contributed by atoms with E-state index in [1.165, 1.54) is 0 Å². The number of nitrogens with zero attached hydrogens (tertiary/aromatic N) is 4. The van der Waals surface area contributed by atoms with Crippen LogP contribution in [0.5, 0.6) is 0 Å². The van der Waals surface area contributed by atoms with Gasteiger partial charge in [0.2, 0.25) is 0 Å². The van der Waals surface area contributed by atoms with E-state index in [9.17, 15) is 5.11 Å². The third kappa shape index (κ3) is 2.21. The molecule has 1 aromatic carbocycles. The van der Waals surface area contributed by atoms with Crippen LogP contribution in [-0.2, 0) is 6.54 Å². The molecule has 6 heteroatoms. The van der Waals surface area contributed by atoms with Crippen molar-refractivity contribution in [1.29, 1.82) is 0 Å². The van der Waals surface area contributed by atoms with E-state index < -0.39 is 6.10 Å².